The van der Waals surface area contributed by atoms with Crippen LogP contribution >= 0.6 is 0 Å². The van der Waals surface area contributed by atoms with E-state index in [0.29, 0.717) is 23.8 Å². The zero-order valence-corrected chi connectivity index (χ0v) is 15.0. The molecule has 4 heteroatoms. The van der Waals surface area contributed by atoms with Crippen molar-refractivity contribution in [1.29, 1.82) is 0 Å². The molecule has 0 saturated carbocycles. The molecule has 0 amide bonds. The summed E-state index contributed by atoms with van der Waals surface area (Å²) in [6, 6.07) is 14.5. The summed E-state index contributed by atoms with van der Waals surface area (Å²) in [5, 5.41) is 0. The van der Waals surface area contributed by atoms with Crippen LogP contribution in [0.4, 0.5) is 0 Å². The van der Waals surface area contributed by atoms with Crippen LogP contribution in [0, 0.1) is 5.92 Å². The third-order valence-electron chi connectivity index (χ3n) is 4.11. The second-order valence-corrected chi connectivity index (χ2v) is 6.13. The molecule has 1 atom stereocenters. The van der Waals surface area contributed by atoms with E-state index in [1.165, 1.54) is 6.92 Å². The Hall–Kier alpha value is -2.62. The summed E-state index contributed by atoms with van der Waals surface area (Å²) in [5.74, 6) is 0.437. The van der Waals surface area contributed by atoms with E-state index in [2.05, 4.69) is 13.8 Å². The van der Waals surface area contributed by atoms with Crippen molar-refractivity contribution in [1.82, 2.24) is 0 Å². The normalized spacial score (nSPS) is 11.6. The number of hydrogen-bond acceptors (Lipinski definition) is 4. The number of carbonyl (C=O) groups excluding carboxylic acids is 2. The maximum absolute atomic E-state index is 12.0. The number of ether oxygens (including phenoxy) is 2. The lowest BCUT2D eigenvalue weighted by Crippen LogP contribution is -2.08. The van der Waals surface area contributed by atoms with E-state index >= 15 is 0 Å². The first-order valence-electron chi connectivity index (χ1n) is 8.55. The molecule has 0 aromatic heterocycles. The maximum atomic E-state index is 12.0. The van der Waals surface area contributed by atoms with Gasteiger partial charge in [-0.15, -0.1) is 0 Å². The van der Waals surface area contributed by atoms with Gasteiger partial charge in [0.25, 0.3) is 0 Å². The van der Waals surface area contributed by atoms with Crippen molar-refractivity contribution in [2.45, 2.75) is 33.6 Å². The highest BCUT2D eigenvalue weighted by Crippen LogP contribution is 2.23. The third-order valence-corrected chi connectivity index (χ3v) is 4.11. The monoisotopic (exact) mass is 340 g/mol. The molecule has 2 aromatic carbocycles. The molecule has 0 radical (unpaired) electrons. The Bertz CT molecular complexity index is 702. The average molecular weight is 340 g/mol. The largest absolute Gasteiger partial charge is 0.462 e. The van der Waals surface area contributed by atoms with Crippen molar-refractivity contribution < 1.29 is 19.1 Å². The molecule has 2 aromatic rings. The molecule has 0 aliphatic carbocycles. The van der Waals surface area contributed by atoms with Gasteiger partial charge in [-0.1, -0.05) is 44.5 Å². The molecule has 0 bridgehead atoms. The first-order valence-corrected chi connectivity index (χ1v) is 8.55. The molecule has 0 heterocycles. The van der Waals surface area contributed by atoms with Crippen LogP contribution in [0.2, 0.25) is 0 Å². The van der Waals surface area contributed by atoms with Gasteiger partial charge in [0.1, 0.15) is 5.75 Å². The highest BCUT2D eigenvalue weighted by atomic mass is 16.5. The molecule has 0 aliphatic heterocycles. The van der Waals surface area contributed by atoms with Crippen molar-refractivity contribution in [2.24, 2.45) is 5.92 Å². The average Bonchev–Trinajstić information content (AvgIpc) is 2.61. The van der Waals surface area contributed by atoms with E-state index in [1.807, 2.05) is 24.3 Å². The van der Waals surface area contributed by atoms with Gasteiger partial charge in [-0.05, 0) is 47.7 Å². The number of rotatable bonds is 7. The summed E-state index contributed by atoms with van der Waals surface area (Å²) in [6.07, 6.45) is 1.97. The Kier molecular flexibility index (Phi) is 6.75. The Morgan fingerprint density at radius 1 is 0.960 bits per heavy atom. The van der Waals surface area contributed by atoms with Crippen molar-refractivity contribution in [3.8, 4) is 16.9 Å². The second-order valence-electron chi connectivity index (χ2n) is 6.13. The van der Waals surface area contributed by atoms with E-state index < -0.39 is 0 Å². The fourth-order valence-electron chi connectivity index (χ4n) is 2.32. The van der Waals surface area contributed by atoms with Crippen LogP contribution in [0.3, 0.4) is 0 Å². The minimum absolute atomic E-state index is 0.292. The van der Waals surface area contributed by atoms with Crippen LogP contribution in [-0.2, 0) is 9.53 Å². The molecule has 0 aliphatic rings. The Balaban J connectivity index is 1.97. The first kappa shape index (κ1) is 18.7. The molecule has 4 nitrogen and oxygen atoms in total. The SMILES string of the molecule is CCC(C)CCOC(=O)c1ccc(-c2ccc(OC(C)=O)cc2)cc1. The number of esters is 2. The van der Waals surface area contributed by atoms with E-state index in [-0.39, 0.29) is 11.9 Å². The van der Waals surface area contributed by atoms with E-state index in [4.69, 9.17) is 9.47 Å². The number of hydrogen-bond donors (Lipinski definition) is 0. The van der Waals surface area contributed by atoms with E-state index in [1.54, 1.807) is 24.3 Å². The first-order chi connectivity index (χ1) is 12.0. The summed E-state index contributed by atoms with van der Waals surface area (Å²) >= 11 is 0. The van der Waals surface area contributed by atoms with Gasteiger partial charge in [-0.2, -0.15) is 0 Å². The highest BCUT2D eigenvalue weighted by molar-refractivity contribution is 5.90. The smallest absolute Gasteiger partial charge is 0.338 e. The molecule has 1 unspecified atom stereocenters. The topological polar surface area (TPSA) is 52.6 Å². The lowest BCUT2D eigenvalue weighted by molar-refractivity contribution is -0.131. The lowest BCUT2D eigenvalue weighted by atomic mass is 10.0. The molecule has 0 fully saturated rings. The minimum atomic E-state index is -0.344. The summed E-state index contributed by atoms with van der Waals surface area (Å²) in [7, 11) is 0. The summed E-state index contributed by atoms with van der Waals surface area (Å²) in [4.78, 5) is 23.0. The van der Waals surface area contributed by atoms with Crippen LogP contribution in [0.5, 0.6) is 5.75 Å². The number of benzene rings is 2. The van der Waals surface area contributed by atoms with Gasteiger partial charge in [-0.25, -0.2) is 4.79 Å². The summed E-state index contributed by atoms with van der Waals surface area (Å²) in [5.41, 5.74) is 2.50. The Morgan fingerprint density at radius 3 is 2.04 bits per heavy atom. The van der Waals surface area contributed by atoms with Gasteiger partial charge in [-0.3, -0.25) is 4.79 Å². The molecule has 0 spiro atoms. The van der Waals surface area contributed by atoms with Gasteiger partial charge < -0.3 is 9.47 Å². The van der Waals surface area contributed by atoms with E-state index in [0.717, 1.165) is 24.0 Å². The Morgan fingerprint density at radius 2 is 1.52 bits per heavy atom. The maximum Gasteiger partial charge on any atom is 0.338 e. The molecular weight excluding hydrogens is 316 g/mol. The fourth-order valence-corrected chi connectivity index (χ4v) is 2.32. The van der Waals surface area contributed by atoms with Crippen molar-refractivity contribution in [3.63, 3.8) is 0 Å². The molecule has 132 valence electrons. The predicted molar refractivity (Wildman–Crippen MR) is 97.5 cm³/mol. The number of carbonyl (C=O) groups is 2. The van der Waals surface area contributed by atoms with Crippen LogP contribution in [-0.4, -0.2) is 18.5 Å². The van der Waals surface area contributed by atoms with Crippen molar-refractivity contribution in [2.75, 3.05) is 6.61 Å². The quantitative estimate of drug-likeness (QED) is 0.533. The van der Waals surface area contributed by atoms with Gasteiger partial charge in [0.05, 0.1) is 12.2 Å². The minimum Gasteiger partial charge on any atom is -0.462 e. The van der Waals surface area contributed by atoms with Crippen LogP contribution in [0.1, 0.15) is 44.0 Å². The summed E-state index contributed by atoms with van der Waals surface area (Å²) in [6.45, 7) is 6.10. The van der Waals surface area contributed by atoms with Gasteiger partial charge in [0, 0.05) is 6.92 Å². The van der Waals surface area contributed by atoms with Crippen molar-refractivity contribution in [3.05, 3.63) is 54.1 Å². The molecule has 25 heavy (non-hydrogen) atoms. The van der Waals surface area contributed by atoms with Gasteiger partial charge >= 0.3 is 11.9 Å². The van der Waals surface area contributed by atoms with Gasteiger partial charge in [0.2, 0.25) is 0 Å². The zero-order chi connectivity index (χ0) is 18.2. The van der Waals surface area contributed by atoms with E-state index in [9.17, 15) is 9.59 Å². The predicted octanol–water partition coefficient (Wildman–Crippen LogP) is 4.87. The Labute approximate surface area is 148 Å². The summed E-state index contributed by atoms with van der Waals surface area (Å²) < 4.78 is 10.3. The molecule has 0 saturated heterocycles. The zero-order valence-electron chi connectivity index (χ0n) is 15.0. The van der Waals surface area contributed by atoms with Crippen LogP contribution < -0.4 is 4.74 Å². The standard InChI is InChI=1S/C21H24O4/c1-4-15(2)13-14-24-21(23)19-7-5-17(6-8-19)18-9-11-20(12-10-18)25-16(3)22/h5-12,15H,4,13-14H2,1-3H3. The van der Waals surface area contributed by atoms with Crippen LogP contribution in [0.25, 0.3) is 11.1 Å². The molecule has 2 rings (SSSR count). The van der Waals surface area contributed by atoms with Crippen LogP contribution in [0.15, 0.2) is 48.5 Å². The lowest BCUT2D eigenvalue weighted by Gasteiger charge is -2.09. The van der Waals surface area contributed by atoms with Crippen molar-refractivity contribution >= 4 is 11.9 Å². The highest BCUT2D eigenvalue weighted by Gasteiger charge is 2.09. The molecule has 0 N–H and O–H groups in total. The second kappa shape index (κ2) is 9.02. The van der Waals surface area contributed by atoms with Gasteiger partial charge in [0.15, 0.2) is 0 Å². The molecular formula is C21H24O4. The fraction of sp³-hybridized carbons (Fsp3) is 0.333. The third kappa shape index (κ3) is 5.75.